The van der Waals surface area contributed by atoms with Gasteiger partial charge in [0.05, 0.1) is 30.3 Å². The molecular weight excluding hydrogens is 507 g/mol. The van der Waals surface area contributed by atoms with Crippen LogP contribution in [0, 0.1) is 0 Å². The van der Waals surface area contributed by atoms with Gasteiger partial charge in [0.1, 0.15) is 5.69 Å². The SMILES string of the molecule is CCN(C(=O)/C(CS(=O)CCC(F)(F)F)=N\Oc1ccccc1)c1cn(-c2cccnc2)nc1Cl. The third kappa shape index (κ3) is 7.62. The van der Waals surface area contributed by atoms with Crippen LogP contribution in [-0.2, 0) is 15.6 Å². The van der Waals surface area contributed by atoms with Gasteiger partial charge >= 0.3 is 6.18 Å². The summed E-state index contributed by atoms with van der Waals surface area (Å²) >= 11 is 6.29. The minimum absolute atomic E-state index is 0.00516. The molecule has 0 bridgehead atoms. The molecule has 8 nitrogen and oxygen atoms in total. The first kappa shape index (κ1) is 26.4. The van der Waals surface area contributed by atoms with Crippen LogP contribution >= 0.6 is 11.6 Å². The lowest BCUT2D eigenvalue weighted by atomic mass is 10.3. The van der Waals surface area contributed by atoms with Gasteiger partial charge in [-0.05, 0) is 31.2 Å². The number of aromatic nitrogens is 3. The number of hydrogen-bond acceptors (Lipinski definition) is 6. The molecule has 3 rings (SSSR count). The smallest absolute Gasteiger partial charge is 0.357 e. The maximum atomic E-state index is 13.4. The van der Waals surface area contributed by atoms with Crippen LogP contribution in [0.25, 0.3) is 5.69 Å². The average molecular weight is 528 g/mol. The Balaban J connectivity index is 1.88. The van der Waals surface area contributed by atoms with E-state index in [-0.39, 0.29) is 23.1 Å². The van der Waals surface area contributed by atoms with Crippen molar-refractivity contribution in [3.05, 3.63) is 66.2 Å². The molecule has 0 saturated heterocycles. The van der Waals surface area contributed by atoms with Gasteiger partial charge in [0.2, 0.25) is 0 Å². The van der Waals surface area contributed by atoms with Crippen molar-refractivity contribution in [1.29, 1.82) is 0 Å². The average Bonchev–Trinajstić information content (AvgIpc) is 3.23. The highest BCUT2D eigenvalue weighted by atomic mass is 35.5. The van der Waals surface area contributed by atoms with Crippen LogP contribution in [0.4, 0.5) is 18.9 Å². The molecule has 1 amide bonds. The summed E-state index contributed by atoms with van der Waals surface area (Å²) in [5.41, 5.74) is 0.511. The predicted molar refractivity (Wildman–Crippen MR) is 127 cm³/mol. The summed E-state index contributed by atoms with van der Waals surface area (Å²) in [4.78, 5) is 23.9. The number of para-hydroxylation sites is 1. The Labute approximate surface area is 206 Å². The van der Waals surface area contributed by atoms with E-state index in [4.69, 9.17) is 16.4 Å². The van der Waals surface area contributed by atoms with Gasteiger partial charge < -0.3 is 9.74 Å². The molecule has 0 saturated carbocycles. The molecule has 3 aromatic rings. The summed E-state index contributed by atoms with van der Waals surface area (Å²) in [6.45, 7) is 1.79. The number of oxime groups is 1. The van der Waals surface area contributed by atoms with Crippen molar-refractivity contribution >= 4 is 39.7 Å². The first-order valence-electron chi connectivity index (χ1n) is 10.4. The molecule has 0 radical (unpaired) electrons. The van der Waals surface area contributed by atoms with E-state index in [2.05, 4.69) is 15.2 Å². The fourth-order valence-electron chi connectivity index (χ4n) is 2.90. The molecule has 35 heavy (non-hydrogen) atoms. The maximum Gasteiger partial charge on any atom is 0.390 e. The molecule has 186 valence electrons. The molecule has 2 heterocycles. The van der Waals surface area contributed by atoms with E-state index in [1.165, 1.54) is 15.8 Å². The lowest BCUT2D eigenvalue weighted by Gasteiger charge is -2.20. The molecule has 0 spiro atoms. The Morgan fingerprint density at radius 1 is 1.23 bits per heavy atom. The monoisotopic (exact) mass is 527 g/mol. The van der Waals surface area contributed by atoms with Crippen LogP contribution in [-0.4, -0.2) is 54.8 Å². The van der Waals surface area contributed by atoms with E-state index in [9.17, 15) is 22.2 Å². The summed E-state index contributed by atoms with van der Waals surface area (Å²) in [5.74, 6) is -1.64. The van der Waals surface area contributed by atoms with Gasteiger partial charge in [-0.25, -0.2) is 4.68 Å². The van der Waals surface area contributed by atoms with Gasteiger partial charge in [0, 0.05) is 29.3 Å². The molecule has 1 atom stereocenters. The van der Waals surface area contributed by atoms with Gasteiger partial charge in [-0.1, -0.05) is 35.0 Å². The predicted octanol–water partition coefficient (Wildman–Crippen LogP) is 4.41. The van der Waals surface area contributed by atoms with Crippen molar-refractivity contribution in [1.82, 2.24) is 14.8 Å². The van der Waals surface area contributed by atoms with Crippen molar-refractivity contribution in [2.24, 2.45) is 5.16 Å². The summed E-state index contributed by atoms with van der Waals surface area (Å²) < 4.78 is 51.5. The normalized spacial score (nSPS) is 12.9. The van der Waals surface area contributed by atoms with Crippen LogP contribution in [0.2, 0.25) is 5.15 Å². The zero-order chi connectivity index (χ0) is 25.4. The van der Waals surface area contributed by atoms with Gasteiger partial charge in [0.25, 0.3) is 5.91 Å². The largest absolute Gasteiger partial charge is 0.390 e. The summed E-state index contributed by atoms with van der Waals surface area (Å²) in [6.07, 6.45) is -1.07. The van der Waals surface area contributed by atoms with E-state index in [0.29, 0.717) is 11.4 Å². The molecule has 13 heteroatoms. The summed E-state index contributed by atoms with van der Waals surface area (Å²) in [7, 11) is -2.02. The lowest BCUT2D eigenvalue weighted by Crippen LogP contribution is -2.39. The van der Waals surface area contributed by atoms with Crippen LogP contribution in [0.1, 0.15) is 13.3 Å². The molecule has 0 aliphatic heterocycles. The summed E-state index contributed by atoms with van der Waals surface area (Å²) in [6, 6.07) is 11.7. The van der Waals surface area contributed by atoms with Crippen molar-refractivity contribution in [2.75, 3.05) is 23.0 Å². The third-order valence-corrected chi connectivity index (χ3v) is 6.10. The molecule has 0 N–H and O–H groups in total. The number of pyridine rings is 1. The molecule has 0 fully saturated rings. The van der Waals surface area contributed by atoms with Gasteiger partial charge in [-0.2, -0.15) is 18.3 Å². The second-order valence-corrected chi connectivity index (χ2v) is 9.04. The van der Waals surface area contributed by atoms with E-state index >= 15 is 0 Å². The van der Waals surface area contributed by atoms with E-state index in [0.717, 1.165) is 0 Å². The Morgan fingerprint density at radius 3 is 2.60 bits per heavy atom. The fourth-order valence-corrected chi connectivity index (χ4v) is 4.21. The number of amides is 1. The number of alkyl halides is 3. The molecule has 2 aromatic heterocycles. The fraction of sp³-hybridized carbons (Fsp3) is 0.273. The minimum atomic E-state index is -4.47. The van der Waals surface area contributed by atoms with E-state index < -0.39 is 40.8 Å². The number of hydrogen-bond donors (Lipinski definition) is 0. The topological polar surface area (TPSA) is 89.7 Å². The van der Waals surface area contributed by atoms with Crippen molar-refractivity contribution in [3.63, 3.8) is 0 Å². The van der Waals surface area contributed by atoms with Crippen molar-refractivity contribution in [2.45, 2.75) is 19.5 Å². The number of halogens is 4. The number of carbonyl (C=O) groups is 1. The van der Waals surface area contributed by atoms with Crippen LogP contribution in [0.15, 0.2) is 66.2 Å². The quantitative estimate of drug-likeness (QED) is 0.288. The first-order valence-corrected chi connectivity index (χ1v) is 12.2. The van der Waals surface area contributed by atoms with Crippen molar-refractivity contribution in [3.8, 4) is 11.4 Å². The maximum absolute atomic E-state index is 13.4. The number of rotatable bonds is 10. The van der Waals surface area contributed by atoms with Crippen molar-refractivity contribution < 1.29 is 27.0 Å². The Kier molecular flexibility index (Phi) is 8.99. The number of carbonyl (C=O) groups excluding carboxylic acids is 1. The second kappa shape index (κ2) is 11.9. The Bertz CT molecular complexity index is 1190. The van der Waals surface area contributed by atoms with Crippen LogP contribution in [0.5, 0.6) is 5.75 Å². The summed E-state index contributed by atoms with van der Waals surface area (Å²) in [5, 5.41) is 8.04. The Morgan fingerprint density at radius 2 is 1.97 bits per heavy atom. The number of nitrogens with zero attached hydrogens (tertiary/aromatic N) is 5. The standard InChI is InChI=1S/C22H21ClF3N5O3S/c1-2-30(19-14-31(28-20(19)23)16-7-6-11-27-13-16)21(32)18(15-35(33)12-10-22(24,25)26)29-34-17-8-4-3-5-9-17/h3-9,11,13-14H,2,10,12,15H2,1H3/b29-18-. The first-order chi connectivity index (χ1) is 16.7. The highest BCUT2D eigenvalue weighted by Gasteiger charge is 2.30. The highest BCUT2D eigenvalue weighted by molar-refractivity contribution is 7.85. The zero-order valence-corrected chi connectivity index (χ0v) is 20.1. The molecule has 0 aliphatic carbocycles. The minimum Gasteiger partial charge on any atom is -0.357 e. The molecule has 0 aliphatic rings. The van der Waals surface area contributed by atoms with Crippen LogP contribution in [0.3, 0.4) is 0 Å². The zero-order valence-electron chi connectivity index (χ0n) is 18.5. The third-order valence-electron chi connectivity index (χ3n) is 4.58. The Hall–Kier alpha value is -3.25. The van der Waals surface area contributed by atoms with E-state index in [1.54, 1.807) is 61.8 Å². The molecular formula is C22H21ClF3N5O3S. The highest BCUT2D eigenvalue weighted by Crippen LogP contribution is 2.26. The van der Waals surface area contributed by atoms with Gasteiger partial charge in [-0.15, -0.1) is 0 Å². The van der Waals surface area contributed by atoms with Gasteiger partial charge in [0.15, 0.2) is 16.6 Å². The van der Waals surface area contributed by atoms with Crippen LogP contribution < -0.4 is 9.74 Å². The number of anilines is 1. The lowest BCUT2D eigenvalue weighted by molar-refractivity contribution is -0.129. The molecule has 1 aromatic carbocycles. The number of benzene rings is 1. The second-order valence-electron chi connectivity index (χ2n) is 7.11. The van der Waals surface area contributed by atoms with Gasteiger partial charge in [-0.3, -0.25) is 14.0 Å². The van der Waals surface area contributed by atoms with E-state index in [1.807, 2.05) is 0 Å². The molecule has 1 unspecified atom stereocenters.